The quantitative estimate of drug-likeness (QED) is 0.758. The van der Waals surface area contributed by atoms with Crippen LogP contribution >= 0.6 is 0 Å². The summed E-state index contributed by atoms with van der Waals surface area (Å²) >= 11 is 0. The fourth-order valence-electron chi connectivity index (χ4n) is 1.79. The zero-order valence-electron chi connectivity index (χ0n) is 10.5. The molecule has 0 radical (unpaired) electrons. The van der Waals surface area contributed by atoms with Crippen LogP contribution in [0, 0.1) is 0 Å². The summed E-state index contributed by atoms with van der Waals surface area (Å²) in [5, 5.41) is 3.52. The van der Waals surface area contributed by atoms with Gasteiger partial charge < -0.3 is 9.88 Å². The number of rotatable bonds is 6. The Morgan fingerprint density at radius 2 is 2.07 bits per heavy atom. The molecule has 0 amide bonds. The van der Waals surface area contributed by atoms with Crippen LogP contribution in [0.5, 0.6) is 0 Å². The van der Waals surface area contributed by atoms with E-state index in [1.807, 2.05) is 0 Å². The lowest BCUT2D eigenvalue weighted by molar-refractivity contribution is 0.505. The summed E-state index contributed by atoms with van der Waals surface area (Å²) in [4.78, 5) is 0. The monoisotopic (exact) mass is 208 g/mol. The normalized spacial score (nSPS) is 13.4. The van der Waals surface area contributed by atoms with E-state index in [-0.39, 0.29) is 0 Å². The first kappa shape index (κ1) is 12.3. The predicted octanol–water partition coefficient (Wildman–Crippen LogP) is 3.35. The van der Waals surface area contributed by atoms with Gasteiger partial charge >= 0.3 is 0 Å². The number of aromatic nitrogens is 1. The van der Waals surface area contributed by atoms with Crippen molar-refractivity contribution in [2.45, 2.75) is 59.2 Å². The van der Waals surface area contributed by atoms with Gasteiger partial charge in [0, 0.05) is 31.0 Å². The van der Waals surface area contributed by atoms with E-state index < -0.39 is 0 Å². The fraction of sp³-hybridized carbons (Fsp3) is 0.692. The molecular formula is C13H24N2. The molecule has 1 aromatic heterocycles. The van der Waals surface area contributed by atoms with Crippen molar-refractivity contribution < 1.29 is 0 Å². The Morgan fingerprint density at radius 1 is 1.33 bits per heavy atom. The Bertz CT molecular complexity index is 276. The van der Waals surface area contributed by atoms with Crippen molar-refractivity contribution in [3.05, 3.63) is 24.0 Å². The number of nitrogens with one attached hydrogen (secondary N) is 1. The molecule has 1 atom stereocenters. The molecular weight excluding hydrogens is 184 g/mol. The van der Waals surface area contributed by atoms with E-state index >= 15 is 0 Å². The van der Waals surface area contributed by atoms with Gasteiger partial charge in [0.15, 0.2) is 0 Å². The Morgan fingerprint density at radius 3 is 2.67 bits per heavy atom. The predicted molar refractivity (Wildman–Crippen MR) is 66.0 cm³/mol. The second kappa shape index (κ2) is 5.96. The van der Waals surface area contributed by atoms with Gasteiger partial charge in [-0.15, -0.1) is 0 Å². The third-order valence-corrected chi connectivity index (χ3v) is 2.63. The summed E-state index contributed by atoms with van der Waals surface area (Å²) in [6.45, 7) is 9.97. The van der Waals surface area contributed by atoms with Gasteiger partial charge in [0.25, 0.3) is 0 Å². The van der Waals surface area contributed by atoms with E-state index in [9.17, 15) is 0 Å². The first-order valence-corrected chi connectivity index (χ1v) is 6.05. The molecule has 0 bridgehead atoms. The van der Waals surface area contributed by atoms with E-state index in [1.165, 1.54) is 18.4 Å². The van der Waals surface area contributed by atoms with Gasteiger partial charge in [-0.25, -0.2) is 0 Å². The first-order chi connectivity index (χ1) is 7.13. The summed E-state index contributed by atoms with van der Waals surface area (Å²) < 4.78 is 2.29. The summed E-state index contributed by atoms with van der Waals surface area (Å²) in [5.74, 6) is 0. The maximum Gasteiger partial charge on any atom is 0.0309 e. The standard InChI is InChI=1S/C13H24N2/c1-5-6-8-15-9-7-13(10-15)12(4)14-11(2)3/h7,9-12,14H,5-6,8H2,1-4H3/t12-/m1/s1. The lowest BCUT2D eigenvalue weighted by Gasteiger charge is -2.15. The molecule has 1 aromatic rings. The van der Waals surface area contributed by atoms with Crippen molar-refractivity contribution >= 4 is 0 Å². The van der Waals surface area contributed by atoms with Crippen LogP contribution in [0.2, 0.25) is 0 Å². The molecule has 1 N–H and O–H groups in total. The van der Waals surface area contributed by atoms with Crippen molar-refractivity contribution in [3.8, 4) is 0 Å². The van der Waals surface area contributed by atoms with E-state index in [4.69, 9.17) is 0 Å². The Kier molecular flexibility index (Phi) is 4.89. The topological polar surface area (TPSA) is 17.0 Å². The second-order valence-corrected chi connectivity index (χ2v) is 4.58. The molecule has 0 aliphatic rings. The van der Waals surface area contributed by atoms with Crippen molar-refractivity contribution in [1.82, 2.24) is 9.88 Å². The van der Waals surface area contributed by atoms with Crippen LogP contribution in [0.4, 0.5) is 0 Å². The molecule has 0 unspecified atom stereocenters. The zero-order chi connectivity index (χ0) is 11.3. The van der Waals surface area contributed by atoms with Crippen LogP contribution in [0.15, 0.2) is 18.5 Å². The summed E-state index contributed by atoms with van der Waals surface area (Å²) in [5.41, 5.74) is 1.39. The molecule has 1 heterocycles. The largest absolute Gasteiger partial charge is 0.354 e. The Hall–Kier alpha value is -0.760. The SMILES string of the molecule is CCCCn1ccc([C@@H](C)NC(C)C)c1. The molecule has 15 heavy (non-hydrogen) atoms. The smallest absolute Gasteiger partial charge is 0.0309 e. The van der Waals surface area contributed by atoms with Crippen LogP contribution in [0.3, 0.4) is 0 Å². The van der Waals surface area contributed by atoms with Crippen LogP contribution < -0.4 is 5.32 Å². The van der Waals surface area contributed by atoms with E-state index in [1.54, 1.807) is 0 Å². The highest BCUT2D eigenvalue weighted by Gasteiger charge is 2.07. The summed E-state index contributed by atoms with van der Waals surface area (Å²) in [7, 11) is 0. The zero-order valence-corrected chi connectivity index (χ0v) is 10.5. The van der Waals surface area contributed by atoms with E-state index in [2.05, 4.69) is 56.0 Å². The highest BCUT2D eigenvalue weighted by Crippen LogP contribution is 2.13. The molecule has 0 aliphatic heterocycles. The van der Waals surface area contributed by atoms with E-state index in [0.29, 0.717) is 12.1 Å². The molecule has 0 saturated carbocycles. The lowest BCUT2D eigenvalue weighted by Crippen LogP contribution is -2.25. The summed E-state index contributed by atoms with van der Waals surface area (Å²) in [6, 6.07) is 3.21. The fourth-order valence-corrected chi connectivity index (χ4v) is 1.79. The minimum Gasteiger partial charge on any atom is -0.354 e. The summed E-state index contributed by atoms with van der Waals surface area (Å²) in [6.07, 6.45) is 6.96. The van der Waals surface area contributed by atoms with Crippen LogP contribution in [0.25, 0.3) is 0 Å². The molecule has 2 heteroatoms. The van der Waals surface area contributed by atoms with Crippen molar-refractivity contribution in [2.75, 3.05) is 0 Å². The maximum absolute atomic E-state index is 3.52. The lowest BCUT2D eigenvalue weighted by atomic mass is 10.1. The molecule has 86 valence electrons. The number of nitrogens with zero attached hydrogens (tertiary/aromatic N) is 1. The van der Waals surface area contributed by atoms with Crippen molar-refractivity contribution in [3.63, 3.8) is 0 Å². The van der Waals surface area contributed by atoms with Crippen LogP contribution in [-0.2, 0) is 6.54 Å². The molecule has 0 aromatic carbocycles. The van der Waals surface area contributed by atoms with Gasteiger partial charge in [0.05, 0.1) is 0 Å². The van der Waals surface area contributed by atoms with Crippen LogP contribution in [0.1, 0.15) is 52.1 Å². The molecule has 1 rings (SSSR count). The van der Waals surface area contributed by atoms with Gasteiger partial charge in [0.1, 0.15) is 0 Å². The average molecular weight is 208 g/mol. The highest BCUT2D eigenvalue weighted by molar-refractivity contribution is 5.14. The van der Waals surface area contributed by atoms with Crippen molar-refractivity contribution in [2.24, 2.45) is 0 Å². The minimum atomic E-state index is 0.452. The van der Waals surface area contributed by atoms with Gasteiger partial charge in [0.2, 0.25) is 0 Å². The van der Waals surface area contributed by atoms with E-state index in [0.717, 1.165) is 6.54 Å². The molecule has 0 saturated heterocycles. The number of hydrogen-bond acceptors (Lipinski definition) is 1. The molecule has 0 spiro atoms. The highest BCUT2D eigenvalue weighted by atomic mass is 15.0. The van der Waals surface area contributed by atoms with Gasteiger partial charge in [-0.1, -0.05) is 27.2 Å². The Labute approximate surface area is 93.7 Å². The second-order valence-electron chi connectivity index (χ2n) is 4.58. The molecule has 0 aliphatic carbocycles. The average Bonchev–Trinajstić information content (AvgIpc) is 2.62. The number of hydrogen-bond donors (Lipinski definition) is 1. The maximum atomic E-state index is 3.52. The van der Waals surface area contributed by atoms with Gasteiger partial charge in [-0.05, 0) is 25.0 Å². The number of unbranched alkanes of at least 4 members (excludes halogenated alkanes) is 1. The molecule has 2 nitrogen and oxygen atoms in total. The third-order valence-electron chi connectivity index (χ3n) is 2.63. The minimum absolute atomic E-state index is 0.452. The van der Waals surface area contributed by atoms with Crippen molar-refractivity contribution in [1.29, 1.82) is 0 Å². The Balaban J connectivity index is 2.51. The van der Waals surface area contributed by atoms with Crippen LogP contribution in [-0.4, -0.2) is 10.6 Å². The molecule has 0 fully saturated rings. The number of aryl methyl sites for hydroxylation is 1. The third kappa shape index (κ3) is 4.08. The van der Waals surface area contributed by atoms with Gasteiger partial charge in [-0.3, -0.25) is 0 Å². The van der Waals surface area contributed by atoms with Gasteiger partial charge in [-0.2, -0.15) is 0 Å². The first-order valence-electron chi connectivity index (χ1n) is 6.05.